The van der Waals surface area contributed by atoms with Crippen molar-refractivity contribution in [3.8, 4) is 0 Å². The van der Waals surface area contributed by atoms with Crippen LogP contribution in [0.2, 0.25) is 0 Å². The van der Waals surface area contributed by atoms with Crippen LogP contribution in [0.25, 0.3) is 0 Å². The summed E-state index contributed by atoms with van der Waals surface area (Å²) in [5.74, 6) is 0.605. The lowest BCUT2D eigenvalue weighted by atomic mass is 9.83. The summed E-state index contributed by atoms with van der Waals surface area (Å²) in [6, 6.07) is 4.05. The molecule has 156 valence electrons. The van der Waals surface area contributed by atoms with E-state index in [1.165, 1.54) is 0 Å². The highest BCUT2D eigenvalue weighted by Crippen LogP contribution is 2.35. The minimum Gasteiger partial charge on any atom is -0.372 e. The Labute approximate surface area is 174 Å². The Morgan fingerprint density at radius 2 is 2.17 bits per heavy atom. The van der Waals surface area contributed by atoms with Crippen molar-refractivity contribution in [2.45, 2.75) is 38.9 Å². The number of pyridine rings is 1. The van der Waals surface area contributed by atoms with Gasteiger partial charge in [-0.3, -0.25) is 14.5 Å². The zero-order chi connectivity index (χ0) is 20.4. The molecule has 1 saturated heterocycles. The van der Waals surface area contributed by atoms with E-state index in [4.69, 9.17) is 4.74 Å². The fraction of sp³-hybridized carbons (Fsp3) is 0.571. The zero-order valence-electron chi connectivity index (χ0n) is 17.0. The number of likely N-dealkylation sites (tertiary alicyclic amines) is 1. The third kappa shape index (κ3) is 4.44. The smallest absolute Gasteiger partial charge is 0.255 e. The van der Waals surface area contributed by atoms with Crippen molar-refractivity contribution in [2.24, 2.45) is 5.92 Å². The molecule has 0 aromatic carbocycles. The molecule has 4 heterocycles. The Morgan fingerprint density at radius 1 is 1.31 bits per heavy atom. The van der Waals surface area contributed by atoms with Crippen molar-refractivity contribution in [3.63, 3.8) is 0 Å². The molecule has 0 N–H and O–H groups in total. The van der Waals surface area contributed by atoms with Crippen LogP contribution in [0, 0.1) is 5.92 Å². The largest absolute Gasteiger partial charge is 0.372 e. The van der Waals surface area contributed by atoms with Crippen LogP contribution in [0.1, 0.15) is 35.5 Å². The van der Waals surface area contributed by atoms with Gasteiger partial charge in [0.15, 0.2) is 0 Å². The normalized spacial score (nSPS) is 20.7. The van der Waals surface area contributed by atoms with E-state index in [1.807, 2.05) is 41.1 Å². The molecule has 2 aliphatic heterocycles. The van der Waals surface area contributed by atoms with Gasteiger partial charge in [-0.2, -0.15) is 0 Å². The number of rotatable bonds is 7. The maximum Gasteiger partial charge on any atom is 0.255 e. The molecule has 8 heteroatoms. The van der Waals surface area contributed by atoms with E-state index in [-0.39, 0.29) is 24.0 Å². The Morgan fingerprint density at radius 3 is 2.93 bits per heavy atom. The molecule has 2 atom stereocenters. The summed E-state index contributed by atoms with van der Waals surface area (Å²) >= 11 is 1.63. The number of hydrogen-bond acceptors (Lipinski definition) is 6. The number of amides is 1. The predicted molar refractivity (Wildman–Crippen MR) is 112 cm³/mol. The van der Waals surface area contributed by atoms with E-state index >= 15 is 0 Å². The van der Waals surface area contributed by atoms with Crippen molar-refractivity contribution >= 4 is 17.2 Å². The van der Waals surface area contributed by atoms with Gasteiger partial charge in [-0.1, -0.05) is 6.07 Å². The SMILES string of the molecule is CCOCC(=O)N1C[C@@H]2C[C@H](C1)c1ccc(CN(C)Cc3nccs3)c(=O)n1C2. The summed E-state index contributed by atoms with van der Waals surface area (Å²) in [4.78, 5) is 33.9. The number of hydrogen-bond donors (Lipinski definition) is 0. The summed E-state index contributed by atoms with van der Waals surface area (Å²) < 4.78 is 7.25. The highest BCUT2D eigenvalue weighted by molar-refractivity contribution is 7.09. The number of piperidine rings is 1. The molecule has 0 unspecified atom stereocenters. The number of ether oxygens (including phenoxy) is 1. The number of carbonyl (C=O) groups is 1. The second-order valence-electron chi connectivity index (χ2n) is 8.03. The second kappa shape index (κ2) is 8.77. The monoisotopic (exact) mass is 416 g/mol. The summed E-state index contributed by atoms with van der Waals surface area (Å²) in [6.07, 6.45) is 2.85. The van der Waals surface area contributed by atoms with Crippen LogP contribution >= 0.6 is 11.3 Å². The van der Waals surface area contributed by atoms with Crippen molar-refractivity contribution in [3.05, 3.63) is 50.3 Å². The van der Waals surface area contributed by atoms with Crippen molar-refractivity contribution < 1.29 is 9.53 Å². The van der Waals surface area contributed by atoms with E-state index in [9.17, 15) is 9.59 Å². The molecule has 1 fully saturated rings. The molecule has 1 amide bonds. The van der Waals surface area contributed by atoms with Crippen LogP contribution in [0.5, 0.6) is 0 Å². The highest BCUT2D eigenvalue weighted by Gasteiger charge is 2.36. The first-order valence-electron chi connectivity index (χ1n) is 10.2. The summed E-state index contributed by atoms with van der Waals surface area (Å²) in [6.45, 7) is 6.00. The number of carbonyl (C=O) groups excluding carboxylic acids is 1. The Balaban J connectivity index is 1.48. The Bertz CT molecular complexity index is 911. The van der Waals surface area contributed by atoms with E-state index in [0.29, 0.717) is 38.7 Å². The maximum atomic E-state index is 13.2. The molecule has 29 heavy (non-hydrogen) atoms. The van der Waals surface area contributed by atoms with Crippen molar-refractivity contribution in [1.82, 2.24) is 19.4 Å². The van der Waals surface area contributed by atoms with Gasteiger partial charge in [0.1, 0.15) is 11.6 Å². The summed E-state index contributed by atoms with van der Waals surface area (Å²) in [7, 11) is 2.02. The minimum atomic E-state index is 0.0535. The topological polar surface area (TPSA) is 67.7 Å². The van der Waals surface area contributed by atoms with Crippen LogP contribution in [-0.4, -0.2) is 58.6 Å². The highest BCUT2D eigenvalue weighted by atomic mass is 32.1. The fourth-order valence-corrected chi connectivity index (χ4v) is 5.20. The molecule has 4 rings (SSSR count). The number of nitrogens with zero attached hydrogens (tertiary/aromatic N) is 4. The van der Waals surface area contributed by atoms with Crippen molar-refractivity contribution in [1.29, 1.82) is 0 Å². The quantitative estimate of drug-likeness (QED) is 0.690. The molecule has 7 nitrogen and oxygen atoms in total. The average Bonchev–Trinajstić information content (AvgIpc) is 3.21. The minimum absolute atomic E-state index is 0.0535. The molecule has 2 aromatic rings. The lowest BCUT2D eigenvalue weighted by molar-refractivity contribution is -0.138. The third-order valence-electron chi connectivity index (χ3n) is 5.79. The molecule has 2 bridgehead atoms. The van der Waals surface area contributed by atoms with Crippen LogP contribution in [0.3, 0.4) is 0 Å². The van der Waals surface area contributed by atoms with E-state index < -0.39 is 0 Å². The van der Waals surface area contributed by atoms with Crippen LogP contribution in [0.4, 0.5) is 0 Å². The van der Waals surface area contributed by atoms with Gasteiger partial charge in [-0.05, 0) is 32.4 Å². The molecule has 2 aliphatic rings. The molecule has 0 radical (unpaired) electrons. The van der Waals surface area contributed by atoms with Gasteiger partial charge in [0.25, 0.3) is 5.56 Å². The maximum absolute atomic E-state index is 13.2. The van der Waals surface area contributed by atoms with Gasteiger partial charge >= 0.3 is 0 Å². The van der Waals surface area contributed by atoms with Gasteiger partial charge in [0, 0.05) is 61.5 Å². The zero-order valence-corrected chi connectivity index (χ0v) is 17.9. The van der Waals surface area contributed by atoms with Crippen LogP contribution < -0.4 is 5.56 Å². The number of aromatic nitrogens is 2. The summed E-state index contributed by atoms with van der Waals surface area (Å²) in [5.41, 5.74) is 1.99. The van der Waals surface area contributed by atoms with Gasteiger partial charge in [0.05, 0.1) is 6.54 Å². The molecular weight excluding hydrogens is 388 g/mol. The van der Waals surface area contributed by atoms with E-state index in [2.05, 4.69) is 16.0 Å². The predicted octanol–water partition coefficient (Wildman–Crippen LogP) is 1.92. The van der Waals surface area contributed by atoms with Crippen molar-refractivity contribution in [2.75, 3.05) is 33.4 Å². The second-order valence-corrected chi connectivity index (χ2v) is 9.01. The van der Waals surface area contributed by atoms with E-state index in [1.54, 1.807) is 11.3 Å². The number of fused-ring (bicyclic) bond motifs is 4. The summed E-state index contributed by atoms with van der Waals surface area (Å²) in [5, 5.41) is 3.02. The molecule has 0 saturated carbocycles. The Hall–Kier alpha value is -2.03. The molecule has 0 spiro atoms. The lowest BCUT2D eigenvalue weighted by Crippen LogP contribution is -2.50. The van der Waals surface area contributed by atoms with E-state index in [0.717, 1.165) is 29.2 Å². The first-order chi connectivity index (χ1) is 14.0. The van der Waals surface area contributed by atoms with Crippen LogP contribution in [0.15, 0.2) is 28.5 Å². The Kier molecular flexibility index (Phi) is 6.12. The first-order valence-corrected chi connectivity index (χ1v) is 11.1. The molecule has 0 aliphatic carbocycles. The standard InChI is InChI=1S/C21H28N4O3S/c1-3-28-14-20(26)24-9-15-8-17(12-24)18-5-4-16(21(27)25(18)10-15)11-23(2)13-19-22-6-7-29-19/h4-7,15,17H,3,8-14H2,1-2H3/t15-,17+/m0/s1. The van der Waals surface area contributed by atoms with Gasteiger partial charge in [0.2, 0.25) is 5.91 Å². The fourth-order valence-electron chi connectivity index (χ4n) is 4.50. The van der Waals surface area contributed by atoms with Crippen LogP contribution in [-0.2, 0) is 29.2 Å². The van der Waals surface area contributed by atoms with Gasteiger partial charge in [-0.15, -0.1) is 11.3 Å². The number of thiazole rings is 1. The molecule has 2 aromatic heterocycles. The first kappa shape index (κ1) is 20.3. The van der Waals surface area contributed by atoms with Gasteiger partial charge in [-0.25, -0.2) is 4.98 Å². The average molecular weight is 417 g/mol. The lowest BCUT2D eigenvalue weighted by Gasteiger charge is -2.43. The third-order valence-corrected chi connectivity index (χ3v) is 6.56. The molecular formula is C21H28N4O3S. The van der Waals surface area contributed by atoms with Gasteiger partial charge < -0.3 is 14.2 Å².